The van der Waals surface area contributed by atoms with Crippen molar-refractivity contribution >= 4 is 39.7 Å². The fourth-order valence-corrected chi connectivity index (χ4v) is 4.00. The molecule has 12 heteroatoms. The predicted molar refractivity (Wildman–Crippen MR) is 118 cm³/mol. The van der Waals surface area contributed by atoms with Crippen LogP contribution in [0.2, 0.25) is 5.02 Å². The van der Waals surface area contributed by atoms with E-state index in [0.29, 0.717) is 29.1 Å². The normalized spacial score (nSPS) is 12.1. The largest absolute Gasteiger partial charge is 0.390 e. The molecule has 160 valence electrons. The average molecular weight is 459 g/mol. The molecule has 0 fully saturated rings. The van der Waals surface area contributed by atoms with E-state index in [1.165, 1.54) is 17.4 Å². The van der Waals surface area contributed by atoms with Crippen molar-refractivity contribution < 1.29 is 4.92 Å². The number of nitrogens with zero attached hydrogens (tertiary/aromatic N) is 7. The molecule has 0 spiro atoms. The molecular formula is C19H19ClN8O2S. The minimum atomic E-state index is -0.494. The van der Waals surface area contributed by atoms with Gasteiger partial charge in [0.05, 0.1) is 29.9 Å². The van der Waals surface area contributed by atoms with Gasteiger partial charge < -0.3 is 15.4 Å². The van der Waals surface area contributed by atoms with Crippen molar-refractivity contribution in [3.05, 3.63) is 74.0 Å². The summed E-state index contributed by atoms with van der Waals surface area (Å²) in [4.78, 5) is 10.4. The Morgan fingerprint density at radius 3 is 2.81 bits per heavy atom. The number of nitro groups is 1. The molecule has 10 nitrogen and oxygen atoms in total. The molecule has 3 heterocycles. The number of aryl methyl sites for hydroxylation is 1. The molecule has 0 radical (unpaired) electrons. The number of anilines is 2. The fraction of sp³-hybridized carbons (Fsp3) is 0.263. The quantitative estimate of drug-likeness (QED) is 0.307. The minimum Gasteiger partial charge on any atom is -0.358 e. The van der Waals surface area contributed by atoms with Crippen molar-refractivity contribution in [3.8, 4) is 0 Å². The lowest BCUT2D eigenvalue weighted by atomic mass is 10.2. The van der Waals surface area contributed by atoms with Gasteiger partial charge in [-0.1, -0.05) is 48.1 Å². The van der Waals surface area contributed by atoms with Gasteiger partial charge in [-0.05, 0) is 23.5 Å². The van der Waals surface area contributed by atoms with E-state index in [0.717, 1.165) is 16.3 Å². The summed E-state index contributed by atoms with van der Waals surface area (Å²) in [5.74, 6) is 0.488. The van der Waals surface area contributed by atoms with Crippen molar-refractivity contribution in [1.29, 1.82) is 0 Å². The lowest BCUT2D eigenvalue weighted by molar-refractivity contribution is -0.389. The highest BCUT2D eigenvalue weighted by Gasteiger charge is 2.20. The van der Waals surface area contributed by atoms with Gasteiger partial charge in [0.2, 0.25) is 5.13 Å². The van der Waals surface area contributed by atoms with Gasteiger partial charge in [-0.2, -0.15) is 9.78 Å². The second-order valence-electron chi connectivity index (χ2n) is 7.04. The van der Waals surface area contributed by atoms with Gasteiger partial charge in [0.1, 0.15) is 5.01 Å². The van der Waals surface area contributed by atoms with Crippen molar-refractivity contribution in [1.82, 2.24) is 29.8 Å². The molecule has 0 saturated heterocycles. The van der Waals surface area contributed by atoms with Crippen molar-refractivity contribution in [2.24, 2.45) is 0 Å². The Bertz CT molecular complexity index is 1220. The van der Waals surface area contributed by atoms with Crippen LogP contribution in [0.4, 0.5) is 16.8 Å². The van der Waals surface area contributed by atoms with Crippen LogP contribution in [0.5, 0.6) is 0 Å². The van der Waals surface area contributed by atoms with E-state index in [1.54, 1.807) is 16.3 Å². The van der Waals surface area contributed by atoms with Crippen LogP contribution in [0.25, 0.3) is 0 Å². The Kier molecular flexibility index (Phi) is 5.96. The fourth-order valence-electron chi connectivity index (χ4n) is 3.02. The monoisotopic (exact) mass is 458 g/mol. The molecule has 4 aromatic rings. The third-order valence-corrected chi connectivity index (χ3v) is 6.07. The Labute approximate surface area is 186 Å². The molecule has 0 aliphatic carbocycles. The molecule has 31 heavy (non-hydrogen) atoms. The molecule has 0 amide bonds. The van der Waals surface area contributed by atoms with E-state index in [4.69, 9.17) is 11.6 Å². The summed E-state index contributed by atoms with van der Waals surface area (Å²) in [6.45, 7) is 4.81. The van der Waals surface area contributed by atoms with E-state index >= 15 is 0 Å². The van der Waals surface area contributed by atoms with Crippen LogP contribution in [0.3, 0.4) is 0 Å². The molecule has 1 atom stereocenters. The zero-order valence-corrected chi connectivity index (χ0v) is 18.3. The summed E-state index contributed by atoms with van der Waals surface area (Å²) < 4.78 is 3.41. The van der Waals surface area contributed by atoms with Gasteiger partial charge in [-0.3, -0.25) is 4.68 Å². The standard InChI is InChI=1S/C19H19ClN8O2S/c1-12(10-27-13(2)9-17(25-27)28(29)30)18-22-23-19(31-18)21-16-7-8-26(24-16)11-14-5-3-4-6-15(14)20/h3-9,12H,10-11H2,1-2H3,(H,21,23,24)/t12-/m1/s1. The van der Waals surface area contributed by atoms with E-state index in [1.807, 2.05) is 43.5 Å². The Balaban J connectivity index is 1.39. The van der Waals surface area contributed by atoms with Gasteiger partial charge in [0.25, 0.3) is 0 Å². The highest BCUT2D eigenvalue weighted by Crippen LogP contribution is 2.27. The van der Waals surface area contributed by atoms with Gasteiger partial charge in [-0.15, -0.1) is 10.2 Å². The van der Waals surface area contributed by atoms with Gasteiger partial charge in [-0.25, -0.2) is 0 Å². The predicted octanol–water partition coefficient (Wildman–Crippen LogP) is 4.40. The van der Waals surface area contributed by atoms with Gasteiger partial charge in [0.15, 0.2) is 5.82 Å². The van der Waals surface area contributed by atoms with Crippen LogP contribution in [0, 0.1) is 17.0 Å². The van der Waals surface area contributed by atoms with E-state index in [-0.39, 0.29) is 11.7 Å². The molecule has 1 aromatic carbocycles. The third kappa shape index (κ3) is 4.89. The summed E-state index contributed by atoms with van der Waals surface area (Å²) in [6, 6.07) is 11.0. The zero-order chi connectivity index (χ0) is 22.0. The summed E-state index contributed by atoms with van der Waals surface area (Å²) in [5, 5.41) is 33.2. The molecule has 0 bridgehead atoms. The maximum absolute atomic E-state index is 10.9. The van der Waals surface area contributed by atoms with Gasteiger partial charge in [0, 0.05) is 23.2 Å². The smallest absolute Gasteiger partial charge is 0.358 e. The minimum absolute atomic E-state index is 0.0102. The molecular weight excluding hydrogens is 440 g/mol. The Morgan fingerprint density at radius 2 is 2.06 bits per heavy atom. The summed E-state index contributed by atoms with van der Waals surface area (Å²) in [5.41, 5.74) is 1.71. The second-order valence-corrected chi connectivity index (χ2v) is 8.46. The average Bonchev–Trinajstić information content (AvgIpc) is 3.45. The van der Waals surface area contributed by atoms with Crippen molar-refractivity contribution in [2.75, 3.05) is 5.32 Å². The molecule has 0 saturated carbocycles. The second kappa shape index (κ2) is 8.82. The van der Waals surface area contributed by atoms with Crippen LogP contribution in [-0.4, -0.2) is 34.7 Å². The highest BCUT2D eigenvalue weighted by atomic mass is 35.5. The van der Waals surface area contributed by atoms with Crippen LogP contribution >= 0.6 is 22.9 Å². The number of aromatic nitrogens is 6. The molecule has 3 aromatic heterocycles. The first-order chi connectivity index (χ1) is 14.9. The van der Waals surface area contributed by atoms with Crippen LogP contribution in [-0.2, 0) is 13.1 Å². The van der Waals surface area contributed by atoms with Crippen molar-refractivity contribution in [2.45, 2.75) is 32.9 Å². The number of hydrogen-bond acceptors (Lipinski definition) is 8. The first-order valence-electron chi connectivity index (χ1n) is 9.45. The first kappa shape index (κ1) is 20.9. The lowest BCUT2D eigenvalue weighted by Gasteiger charge is -2.06. The maximum Gasteiger partial charge on any atom is 0.390 e. The highest BCUT2D eigenvalue weighted by molar-refractivity contribution is 7.15. The van der Waals surface area contributed by atoms with Crippen LogP contribution in [0.15, 0.2) is 42.6 Å². The summed E-state index contributed by atoms with van der Waals surface area (Å²) in [6.07, 6.45) is 1.86. The Hall–Kier alpha value is -3.31. The van der Waals surface area contributed by atoms with Crippen LogP contribution < -0.4 is 5.32 Å². The molecule has 4 rings (SSSR count). The Morgan fingerprint density at radius 1 is 1.26 bits per heavy atom. The summed E-state index contributed by atoms with van der Waals surface area (Å²) >= 11 is 7.63. The van der Waals surface area contributed by atoms with Crippen LogP contribution in [0.1, 0.15) is 29.1 Å². The van der Waals surface area contributed by atoms with Crippen molar-refractivity contribution in [3.63, 3.8) is 0 Å². The SMILES string of the molecule is Cc1cc([N+](=O)[O-])nn1C[C@@H](C)c1nnc(Nc2ccn(Cc3ccccc3Cl)n2)s1. The molecule has 0 aliphatic heterocycles. The van der Waals surface area contributed by atoms with E-state index in [2.05, 4.69) is 25.7 Å². The number of halogens is 1. The number of hydrogen-bond donors (Lipinski definition) is 1. The molecule has 0 aliphatic rings. The summed E-state index contributed by atoms with van der Waals surface area (Å²) in [7, 11) is 0. The third-order valence-electron chi connectivity index (χ3n) is 4.63. The topological polar surface area (TPSA) is 117 Å². The number of nitrogens with one attached hydrogen (secondary N) is 1. The lowest BCUT2D eigenvalue weighted by Crippen LogP contribution is -2.09. The number of rotatable bonds is 8. The molecule has 1 N–H and O–H groups in total. The van der Waals surface area contributed by atoms with E-state index in [9.17, 15) is 10.1 Å². The van der Waals surface area contributed by atoms with Gasteiger partial charge >= 0.3 is 5.82 Å². The van der Waals surface area contributed by atoms with E-state index < -0.39 is 4.92 Å². The molecule has 0 unspecified atom stereocenters. The first-order valence-corrected chi connectivity index (χ1v) is 10.6. The number of benzene rings is 1. The maximum atomic E-state index is 10.9. The zero-order valence-electron chi connectivity index (χ0n) is 16.8.